The number of esters is 1. The smallest absolute Gasteiger partial charge is 0.302 e. The molecule has 1 N–H and O–H groups in total. The summed E-state index contributed by atoms with van der Waals surface area (Å²) in [5.74, 6) is 0.670. The third kappa shape index (κ3) is 5.13. The molecule has 0 saturated heterocycles. The molecule has 2 rings (SSSR count). The quantitative estimate of drug-likeness (QED) is 0.806. The number of hydrogen-bond acceptors (Lipinski definition) is 4. The van der Waals surface area contributed by atoms with Gasteiger partial charge in [-0.15, -0.1) is 12.4 Å². The highest BCUT2D eigenvalue weighted by Gasteiger charge is 2.23. The van der Waals surface area contributed by atoms with E-state index in [2.05, 4.69) is 5.32 Å². The zero-order valence-electron chi connectivity index (χ0n) is 13.8. The first-order chi connectivity index (χ1) is 10.5. The predicted octanol–water partition coefficient (Wildman–Crippen LogP) is 3.35. The van der Waals surface area contributed by atoms with Gasteiger partial charge < -0.3 is 14.8 Å². The number of fused-ring (bicyclic) bond motifs is 1. The molecule has 2 atom stereocenters. The van der Waals surface area contributed by atoms with Crippen molar-refractivity contribution in [2.75, 3.05) is 11.9 Å². The summed E-state index contributed by atoms with van der Waals surface area (Å²) in [4.78, 5) is 22.4. The Bertz CT molecular complexity index is 562. The van der Waals surface area contributed by atoms with Crippen molar-refractivity contribution in [2.24, 2.45) is 5.92 Å². The van der Waals surface area contributed by atoms with E-state index in [1.165, 1.54) is 6.92 Å². The molecule has 1 amide bonds. The third-order valence-electron chi connectivity index (χ3n) is 3.87. The summed E-state index contributed by atoms with van der Waals surface area (Å²) in [7, 11) is 0. The van der Waals surface area contributed by atoms with Crippen LogP contribution in [-0.4, -0.2) is 24.6 Å². The van der Waals surface area contributed by atoms with E-state index in [0.717, 1.165) is 23.4 Å². The van der Waals surface area contributed by atoms with Crippen LogP contribution in [-0.2, 0) is 20.7 Å². The van der Waals surface area contributed by atoms with Crippen molar-refractivity contribution in [1.82, 2.24) is 0 Å². The van der Waals surface area contributed by atoms with Gasteiger partial charge in [0.1, 0.15) is 11.9 Å². The van der Waals surface area contributed by atoms with Gasteiger partial charge in [-0.2, -0.15) is 0 Å². The molecule has 23 heavy (non-hydrogen) atoms. The molecule has 0 spiro atoms. The molecule has 2 unspecified atom stereocenters. The van der Waals surface area contributed by atoms with Crippen LogP contribution >= 0.6 is 12.4 Å². The van der Waals surface area contributed by atoms with Crippen molar-refractivity contribution in [3.63, 3.8) is 0 Å². The Morgan fingerprint density at radius 1 is 1.35 bits per heavy atom. The topological polar surface area (TPSA) is 64.6 Å². The summed E-state index contributed by atoms with van der Waals surface area (Å²) in [6.07, 6.45) is 1.95. The molecule has 1 aromatic rings. The Kier molecular flexibility index (Phi) is 7.36. The van der Waals surface area contributed by atoms with Gasteiger partial charge in [-0.25, -0.2) is 0 Å². The maximum absolute atomic E-state index is 11.5. The highest BCUT2D eigenvalue weighted by molar-refractivity contribution is 5.94. The fourth-order valence-corrected chi connectivity index (χ4v) is 2.62. The number of ether oxygens (including phenoxy) is 2. The lowest BCUT2D eigenvalue weighted by molar-refractivity contribution is -0.143. The molecule has 0 aromatic heterocycles. The molecular formula is C17H24ClNO4. The molecule has 0 aliphatic carbocycles. The van der Waals surface area contributed by atoms with E-state index in [1.807, 2.05) is 32.0 Å². The number of nitrogens with one attached hydrogen (secondary N) is 1. The molecule has 1 aliphatic heterocycles. The first kappa shape index (κ1) is 19.3. The van der Waals surface area contributed by atoms with Gasteiger partial charge in [0.25, 0.3) is 0 Å². The Balaban J connectivity index is 0.00000264. The Labute approximate surface area is 143 Å². The molecule has 0 radical (unpaired) electrons. The third-order valence-corrected chi connectivity index (χ3v) is 3.87. The van der Waals surface area contributed by atoms with E-state index >= 15 is 0 Å². The second-order valence-corrected chi connectivity index (χ2v) is 5.67. The van der Waals surface area contributed by atoms with Crippen LogP contribution in [0.15, 0.2) is 18.2 Å². The average molecular weight is 342 g/mol. The number of rotatable bonds is 6. The minimum atomic E-state index is -0.276. The van der Waals surface area contributed by atoms with Crippen molar-refractivity contribution in [1.29, 1.82) is 0 Å². The average Bonchev–Trinajstić information content (AvgIpc) is 2.49. The van der Waals surface area contributed by atoms with Crippen LogP contribution in [0.4, 0.5) is 5.69 Å². The second-order valence-electron chi connectivity index (χ2n) is 5.67. The van der Waals surface area contributed by atoms with Crippen LogP contribution in [0.25, 0.3) is 0 Å². The Morgan fingerprint density at radius 2 is 2.09 bits per heavy atom. The highest BCUT2D eigenvalue weighted by Crippen LogP contribution is 2.32. The summed E-state index contributed by atoms with van der Waals surface area (Å²) in [6, 6.07) is 5.70. The molecule has 1 aliphatic rings. The molecule has 1 heterocycles. The first-order valence-corrected chi connectivity index (χ1v) is 7.73. The van der Waals surface area contributed by atoms with E-state index in [4.69, 9.17) is 9.47 Å². The van der Waals surface area contributed by atoms with E-state index in [1.54, 1.807) is 0 Å². The maximum Gasteiger partial charge on any atom is 0.302 e. The molecule has 0 fully saturated rings. The van der Waals surface area contributed by atoms with E-state index < -0.39 is 0 Å². The van der Waals surface area contributed by atoms with Crippen molar-refractivity contribution in [3.8, 4) is 5.75 Å². The second kappa shape index (κ2) is 8.77. The molecule has 0 saturated carbocycles. The predicted molar refractivity (Wildman–Crippen MR) is 91.1 cm³/mol. The van der Waals surface area contributed by atoms with Gasteiger partial charge in [0.15, 0.2) is 0 Å². The van der Waals surface area contributed by atoms with Crippen molar-refractivity contribution in [2.45, 2.75) is 46.1 Å². The number of carbonyl (C=O) groups excluding carboxylic acids is 2. The number of carbonyl (C=O) groups is 2. The Hall–Kier alpha value is -1.75. The Morgan fingerprint density at radius 3 is 2.74 bits per heavy atom. The lowest BCUT2D eigenvalue weighted by Gasteiger charge is -2.27. The molecule has 1 aromatic carbocycles. The summed E-state index contributed by atoms with van der Waals surface area (Å²) < 4.78 is 11.2. The molecule has 6 heteroatoms. The first-order valence-electron chi connectivity index (χ1n) is 7.73. The van der Waals surface area contributed by atoms with Crippen LogP contribution in [0, 0.1) is 5.92 Å². The van der Waals surface area contributed by atoms with Gasteiger partial charge in [-0.05, 0) is 25.0 Å². The van der Waals surface area contributed by atoms with Crippen molar-refractivity contribution >= 4 is 30.0 Å². The van der Waals surface area contributed by atoms with Gasteiger partial charge >= 0.3 is 5.97 Å². The van der Waals surface area contributed by atoms with Crippen molar-refractivity contribution in [3.05, 3.63) is 23.8 Å². The van der Waals surface area contributed by atoms with E-state index in [-0.39, 0.29) is 36.3 Å². The van der Waals surface area contributed by atoms with Crippen LogP contribution in [0.2, 0.25) is 0 Å². The summed E-state index contributed by atoms with van der Waals surface area (Å²) >= 11 is 0. The fraction of sp³-hybridized carbons (Fsp3) is 0.529. The van der Waals surface area contributed by atoms with Crippen LogP contribution in [0.1, 0.15) is 39.2 Å². The van der Waals surface area contributed by atoms with E-state index in [9.17, 15) is 9.59 Å². The zero-order valence-corrected chi connectivity index (χ0v) is 14.6. The number of amides is 1. The summed E-state index contributed by atoms with van der Waals surface area (Å²) in [5.41, 5.74) is 1.87. The normalized spacial score (nSPS) is 15.5. The van der Waals surface area contributed by atoms with Gasteiger partial charge in [0, 0.05) is 30.5 Å². The van der Waals surface area contributed by atoms with Crippen molar-refractivity contribution < 1.29 is 19.1 Å². The standard InChI is InChI=1S/C17H23NO4.ClH/c1-4-15(11(2)10-21-12(3)19)22-16-7-5-6-14-13(16)8-9-17(20)18-14;/h5-7,11,15H,4,8-10H2,1-3H3,(H,18,20);1H. The summed E-state index contributed by atoms with van der Waals surface area (Å²) in [6.45, 7) is 5.81. The molecular weight excluding hydrogens is 318 g/mol. The minimum absolute atomic E-state index is 0. The largest absolute Gasteiger partial charge is 0.490 e. The van der Waals surface area contributed by atoms with Gasteiger partial charge in [0.2, 0.25) is 5.91 Å². The lowest BCUT2D eigenvalue weighted by atomic mass is 10.0. The number of halogens is 1. The lowest BCUT2D eigenvalue weighted by Crippen LogP contribution is -2.29. The zero-order chi connectivity index (χ0) is 16.1. The number of benzene rings is 1. The SMILES string of the molecule is CCC(Oc1cccc2c1CCC(=O)N2)C(C)COC(C)=O.Cl. The van der Waals surface area contributed by atoms with E-state index in [0.29, 0.717) is 19.4 Å². The summed E-state index contributed by atoms with van der Waals surface area (Å²) in [5, 5.41) is 2.87. The number of anilines is 1. The highest BCUT2D eigenvalue weighted by atomic mass is 35.5. The molecule has 0 bridgehead atoms. The van der Waals surface area contributed by atoms with Gasteiger partial charge in [0.05, 0.1) is 6.61 Å². The van der Waals surface area contributed by atoms with Crippen LogP contribution < -0.4 is 10.1 Å². The van der Waals surface area contributed by atoms with Gasteiger partial charge in [-0.1, -0.05) is 19.9 Å². The maximum atomic E-state index is 11.5. The van der Waals surface area contributed by atoms with Crippen LogP contribution in [0.3, 0.4) is 0 Å². The van der Waals surface area contributed by atoms with Gasteiger partial charge in [-0.3, -0.25) is 9.59 Å². The molecule has 128 valence electrons. The minimum Gasteiger partial charge on any atom is -0.490 e. The monoisotopic (exact) mass is 341 g/mol. The number of hydrogen-bond donors (Lipinski definition) is 1. The van der Waals surface area contributed by atoms with Crippen LogP contribution in [0.5, 0.6) is 5.75 Å². The molecule has 5 nitrogen and oxygen atoms in total. The fourth-order valence-electron chi connectivity index (χ4n) is 2.62.